The maximum atomic E-state index is 11.7. The third-order valence-electron chi connectivity index (χ3n) is 4.41. The predicted octanol–water partition coefficient (Wildman–Crippen LogP) is 1.94. The van der Waals surface area contributed by atoms with Crippen molar-refractivity contribution >= 4 is 23.2 Å². The summed E-state index contributed by atoms with van der Waals surface area (Å²) in [6.07, 6.45) is 1.39. The maximum Gasteiger partial charge on any atom is 0.220 e. The fourth-order valence-electron chi connectivity index (χ4n) is 2.71. The van der Waals surface area contributed by atoms with Crippen LogP contribution in [0.2, 0.25) is 0 Å². The Morgan fingerprint density at radius 3 is 1.85 bits per heavy atom. The van der Waals surface area contributed by atoms with E-state index < -0.39 is 15.7 Å². The first-order valence-electron chi connectivity index (χ1n) is 4.55. The lowest BCUT2D eigenvalue weighted by Crippen LogP contribution is -2.38. The van der Waals surface area contributed by atoms with Gasteiger partial charge in [-0.1, -0.05) is 20.8 Å². The normalized spacial score (nSPS) is 47.4. The molecule has 0 aromatic rings. The standard InChI is InChI=1S/C10H13ClO2/c1-8(2)9(3)4-5-10(8,11)7(13)6(9)12/h4-5H2,1-3H3. The van der Waals surface area contributed by atoms with E-state index in [-0.39, 0.29) is 11.6 Å². The van der Waals surface area contributed by atoms with Gasteiger partial charge >= 0.3 is 0 Å². The molecule has 0 radical (unpaired) electrons. The van der Waals surface area contributed by atoms with E-state index in [0.29, 0.717) is 6.42 Å². The molecule has 0 aromatic heterocycles. The summed E-state index contributed by atoms with van der Waals surface area (Å²) in [5, 5.41) is 0. The van der Waals surface area contributed by atoms with Gasteiger partial charge in [-0.3, -0.25) is 9.59 Å². The molecule has 72 valence electrons. The van der Waals surface area contributed by atoms with Crippen molar-refractivity contribution in [3.63, 3.8) is 0 Å². The van der Waals surface area contributed by atoms with Crippen molar-refractivity contribution in [3.05, 3.63) is 0 Å². The molecule has 2 rings (SSSR count). The van der Waals surface area contributed by atoms with Gasteiger partial charge in [0.25, 0.3) is 0 Å². The SMILES string of the molecule is CC12CCC(Cl)(C(=O)C1=O)C2(C)C. The molecule has 3 heteroatoms. The molecule has 0 heterocycles. The zero-order valence-corrected chi connectivity index (χ0v) is 8.86. The summed E-state index contributed by atoms with van der Waals surface area (Å²) in [6.45, 7) is 5.72. The van der Waals surface area contributed by atoms with Crippen LogP contribution in [0.3, 0.4) is 0 Å². The number of Topliss-reactive ketones (excluding diaryl/α,β-unsaturated/α-hetero) is 2. The Morgan fingerprint density at radius 1 is 1.08 bits per heavy atom. The first-order chi connectivity index (χ1) is 5.77. The van der Waals surface area contributed by atoms with Crippen molar-refractivity contribution in [2.45, 2.75) is 38.5 Å². The Bertz CT molecular complexity index is 291. The fourth-order valence-corrected chi connectivity index (χ4v) is 3.10. The maximum absolute atomic E-state index is 11.7. The van der Waals surface area contributed by atoms with Crippen LogP contribution in [0.25, 0.3) is 0 Å². The molecule has 2 saturated carbocycles. The van der Waals surface area contributed by atoms with Crippen molar-refractivity contribution < 1.29 is 9.59 Å². The Hall–Kier alpha value is -0.370. The van der Waals surface area contributed by atoms with Gasteiger partial charge in [-0.05, 0) is 12.8 Å². The quantitative estimate of drug-likeness (QED) is 0.443. The smallest absolute Gasteiger partial charge is 0.220 e. The number of fused-ring (bicyclic) bond motifs is 2. The highest BCUT2D eigenvalue weighted by atomic mass is 35.5. The van der Waals surface area contributed by atoms with Crippen molar-refractivity contribution in [2.24, 2.45) is 10.8 Å². The first kappa shape index (κ1) is 9.20. The van der Waals surface area contributed by atoms with E-state index in [0.717, 1.165) is 6.42 Å². The molecule has 2 aliphatic rings. The lowest BCUT2D eigenvalue weighted by Gasteiger charge is -2.34. The molecule has 0 spiro atoms. The van der Waals surface area contributed by atoms with Crippen LogP contribution in [-0.2, 0) is 9.59 Å². The molecule has 0 saturated heterocycles. The van der Waals surface area contributed by atoms with Crippen molar-refractivity contribution in [3.8, 4) is 0 Å². The Morgan fingerprint density at radius 2 is 1.62 bits per heavy atom. The molecule has 2 nitrogen and oxygen atoms in total. The molecule has 2 unspecified atom stereocenters. The first-order valence-corrected chi connectivity index (χ1v) is 4.93. The number of hydrogen-bond donors (Lipinski definition) is 0. The van der Waals surface area contributed by atoms with Gasteiger partial charge in [0.1, 0.15) is 4.87 Å². The molecule has 0 N–H and O–H groups in total. The minimum absolute atomic E-state index is 0.265. The second-order valence-corrected chi connectivity index (χ2v) is 5.56. The lowest BCUT2D eigenvalue weighted by molar-refractivity contribution is -0.140. The third-order valence-corrected chi connectivity index (χ3v) is 5.24. The predicted molar refractivity (Wildman–Crippen MR) is 49.7 cm³/mol. The number of hydrogen-bond acceptors (Lipinski definition) is 2. The monoisotopic (exact) mass is 200 g/mol. The van der Waals surface area contributed by atoms with E-state index in [9.17, 15) is 9.59 Å². The molecule has 2 aliphatic carbocycles. The molecule has 2 atom stereocenters. The summed E-state index contributed by atoms with van der Waals surface area (Å²) in [4.78, 5) is 22.4. The average Bonchev–Trinajstić information content (AvgIpc) is 2.28. The van der Waals surface area contributed by atoms with Crippen LogP contribution < -0.4 is 0 Å². The highest BCUT2D eigenvalue weighted by molar-refractivity contribution is 6.57. The van der Waals surface area contributed by atoms with Crippen molar-refractivity contribution in [2.75, 3.05) is 0 Å². The van der Waals surface area contributed by atoms with E-state index in [1.54, 1.807) is 0 Å². The summed E-state index contributed by atoms with van der Waals surface area (Å²) in [5.41, 5.74) is -0.915. The van der Waals surface area contributed by atoms with Crippen molar-refractivity contribution in [1.82, 2.24) is 0 Å². The van der Waals surface area contributed by atoms with Crippen LogP contribution in [0, 0.1) is 10.8 Å². The summed E-state index contributed by atoms with van der Waals surface area (Å²) in [7, 11) is 0. The lowest BCUT2D eigenvalue weighted by atomic mass is 9.70. The Kier molecular flexibility index (Phi) is 1.42. The van der Waals surface area contributed by atoms with E-state index in [4.69, 9.17) is 11.6 Å². The highest BCUT2D eigenvalue weighted by Crippen LogP contribution is 2.66. The molecule has 2 bridgehead atoms. The number of carbonyl (C=O) groups is 2. The highest BCUT2D eigenvalue weighted by Gasteiger charge is 2.74. The van der Waals surface area contributed by atoms with Gasteiger partial charge in [-0.2, -0.15) is 0 Å². The van der Waals surface area contributed by atoms with Gasteiger partial charge in [0, 0.05) is 10.8 Å². The number of carbonyl (C=O) groups excluding carboxylic acids is 2. The molecule has 13 heavy (non-hydrogen) atoms. The van der Waals surface area contributed by atoms with Crippen LogP contribution in [0.15, 0.2) is 0 Å². The van der Waals surface area contributed by atoms with Gasteiger partial charge in [0.05, 0.1) is 0 Å². The minimum atomic E-state index is -0.918. The van der Waals surface area contributed by atoms with E-state index in [1.165, 1.54) is 0 Å². The topological polar surface area (TPSA) is 34.1 Å². The van der Waals surface area contributed by atoms with E-state index in [2.05, 4.69) is 0 Å². The van der Waals surface area contributed by atoms with Gasteiger partial charge in [-0.25, -0.2) is 0 Å². The summed E-state index contributed by atoms with van der Waals surface area (Å²) < 4.78 is 0. The summed E-state index contributed by atoms with van der Waals surface area (Å²) in [5.74, 6) is -0.633. The molecular formula is C10H13ClO2. The Labute approximate surface area is 82.6 Å². The van der Waals surface area contributed by atoms with Gasteiger partial charge in [-0.15, -0.1) is 11.6 Å². The zero-order chi connectivity index (χ0) is 10.1. The van der Waals surface area contributed by atoms with Gasteiger partial charge in [0.15, 0.2) is 0 Å². The minimum Gasteiger partial charge on any atom is -0.290 e. The van der Waals surface area contributed by atoms with Crippen LogP contribution in [0.5, 0.6) is 0 Å². The number of alkyl halides is 1. The third kappa shape index (κ3) is 0.653. The molecule has 2 fully saturated rings. The number of rotatable bonds is 0. The molecule has 0 aliphatic heterocycles. The van der Waals surface area contributed by atoms with Crippen LogP contribution in [0.4, 0.5) is 0 Å². The Balaban J connectivity index is 2.68. The zero-order valence-electron chi connectivity index (χ0n) is 8.11. The van der Waals surface area contributed by atoms with Crippen LogP contribution in [-0.4, -0.2) is 16.4 Å². The van der Waals surface area contributed by atoms with E-state index >= 15 is 0 Å². The number of ketones is 2. The van der Waals surface area contributed by atoms with Crippen LogP contribution >= 0.6 is 11.6 Å². The van der Waals surface area contributed by atoms with Crippen molar-refractivity contribution in [1.29, 1.82) is 0 Å². The van der Waals surface area contributed by atoms with E-state index in [1.807, 2.05) is 20.8 Å². The van der Waals surface area contributed by atoms with Crippen LogP contribution in [0.1, 0.15) is 33.6 Å². The summed E-state index contributed by atoms with van der Waals surface area (Å²) in [6, 6.07) is 0. The largest absolute Gasteiger partial charge is 0.290 e. The molecule has 0 amide bonds. The average molecular weight is 201 g/mol. The molecular weight excluding hydrogens is 188 g/mol. The second kappa shape index (κ2) is 2.00. The fraction of sp³-hybridized carbons (Fsp3) is 0.800. The molecule has 0 aromatic carbocycles. The summed E-state index contributed by atoms with van der Waals surface area (Å²) >= 11 is 6.25. The number of halogens is 1. The second-order valence-electron chi connectivity index (χ2n) is 4.92. The van der Waals surface area contributed by atoms with Gasteiger partial charge < -0.3 is 0 Å². The van der Waals surface area contributed by atoms with Gasteiger partial charge in [0.2, 0.25) is 11.6 Å².